The first kappa shape index (κ1) is 30.7. The van der Waals surface area contributed by atoms with Crippen LogP contribution in [0.1, 0.15) is 67.2 Å². The predicted molar refractivity (Wildman–Crippen MR) is 145 cm³/mol. The fraction of sp³-hybridized carbons (Fsp3) is 0.429. The van der Waals surface area contributed by atoms with Gasteiger partial charge in [0.05, 0.1) is 17.1 Å². The van der Waals surface area contributed by atoms with E-state index in [1.807, 2.05) is 58.1 Å². The molecule has 0 spiro atoms. The molecule has 6 nitrogen and oxygen atoms in total. The molecule has 0 aromatic carbocycles. The Balaban J connectivity index is 6.13. The van der Waals surface area contributed by atoms with Crippen molar-refractivity contribution >= 4 is 0 Å². The van der Waals surface area contributed by atoms with Crippen LogP contribution < -0.4 is 0 Å². The van der Waals surface area contributed by atoms with Gasteiger partial charge in [0.15, 0.2) is 0 Å². The van der Waals surface area contributed by atoms with E-state index in [9.17, 15) is 0 Å². The molecule has 0 aromatic heterocycles. The first-order valence-corrected chi connectivity index (χ1v) is 11.7. The summed E-state index contributed by atoms with van der Waals surface area (Å²) in [6.07, 6.45) is 15.8. The number of azo groups is 2. The second-order valence-electron chi connectivity index (χ2n) is 7.95. The summed E-state index contributed by atoms with van der Waals surface area (Å²) < 4.78 is 0. The third-order valence-electron chi connectivity index (χ3n) is 6.05. The molecule has 0 aliphatic heterocycles. The number of allylic oxidation sites excluding steroid dienone is 7. The summed E-state index contributed by atoms with van der Waals surface area (Å²) >= 11 is 0. The average Bonchev–Trinajstić information content (AvgIpc) is 2.87. The van der Waals surface area contributed by atoms with E-state index in [2.05, 4.69) is 60.6 Å². The van der Waals surface area contributed by atoms with Gasteiger partial charge in [0.25, 0.3) is 0 Å². The molecule has 0 atom stereocenters. The molecule has 0 radical (unpaired) electrons. The minimum absolute atomic E-state index is 0.506. The predicted octanol–water partition coefficient (Wildman–Crippen LogP) is 9.77. The molecule has 0 aromatic rings. The Bertz CT molecular complexity index is 917. The summed E-state index contributed by atoms with van der Waals surface area (Å²) in [6.45, 7) is 27.3. The minimum Gasteiger partial charge on any atom is -0.209 e. The van der Waals surface area contributed by atoms with Crippen LogP contribution in [0.25, 0.3) is 0 Å². The van der Waals surface area contributed by atoms with E-state index < -0.39 is 11.1 Å². The summed E-state index contributed by atoms with van der Waals surface area (Å²) in [5, 5.41) is 21.3. The molecule has 0 unspecified atom stereocenters. The third-order valence-corrected chi connectivity index (χ3v) is 6.05. The van der Waals surface area contributed by atoms with E-state index in [0.717, 1.165) is 48.2 Å². The Morgan fingerprint density at radius 2 is 1.12 bits per heavy atom. The molecule has 0 amide bonds. The molecule has 6 heteroatoms. The van der Waals surface area contributed by atoms with Gasteiger partial charge in [-0.3, -0.25) is 0 Å². The van der Waals surface area contributed by atoms with Crippen molar-refractivity contribution in [3.63, 3.8) is 0 Å². The van der Waals surface area contributed by atoms with Gasteiger partial charge in [-0.05, 0) is 68.9 Å². The Labute approximate surface area is 206 Å². The van der Waals surface area contributed by atoms with Gasteiger partial charge in [-0.25, -0.2) is 5.53 Å². The fourth-order valence-electron chi connectivity index (χ4n) is 3.41. The monoisotopic (exact) mass is 462 g/mol. The quantitative estimate of drug-likeness (QED) is 0.175. The fourth-order valence-corrected chi connectivity index (χ4v) is 3.41. The Hall–Kier alpha value is -3.28. The molecule has 0 bridgehead atoms. The average molecular weight is 463 g/mol. The first-order valence-electron chi connectivity index (χ1n) is 11.7. The minimum atomic E-state index is -0.551. The van der Waals surface area contributed by atoms with Crippen LogP contribution in [0.5, 0.6) is 0 Å². The third kappa shape index (κ3) is 8.58. The molecular formula is C28H42N6. The standard InChI is InChI=1S/C28H42N6/c1-11-22(8)30-31-23(9)18-21-26(13-3)28(16-6,17-7)34-32-24(10)19-20-25(12-2)27(14-4,15-5)33-29/h11-13,18-21,29H,1-3,8,14-17H2,4-7,9-10H3/b23-18+,24-19+,25-20+,26-21+,31-30?,33-29?,34-32?. The van der Waals surface area contributed by atoms with Crippen molar-refractivity contribution in [3.05, 3.63) is 97.1 Å². The molecule has 34 heavy (non-hydrogen) atoms. The van der Waals surface area contributed by atoms with Crippen LogP contribution >= 0.6 is 0 Å². The maximum Gasteiger partial charge on any atom is 0.106 e. The van der Waals surface area contributed by atoms with E-state index in [0.29, 0.717) is 5.70 Å². The highest BCUT2D eigenvalue weighted by Gasteiger charge is 2.29. The number of rotatable bonds is 16. The SMILES string of the molecule is C=CC(=C)N=N/C(C)=C/C=C(\C=C)C(CC)(CC)N=N/C(C)=C/C=C(\C=C)C(CC)(CC)N=N. The van der Waals surface area contributed by atoms with Gasteiger partial charge in [0, 0.05) is 0 Å². The molecule has 0 saturated heterocycles. The smallest absolute Gasteiger partial charge is 0.106 e. The van der Waals surface area contributed by atoms with Crippen molar-refractivity contribution in [3.8, 4) is 0 Å². The lowest BCUT2D eigenvalue weighted by atomic mass is 9.84. The van der Waals surface area contributed by atoms with Gasteiger partial charge in [-0.2, -0.15) is 25.6 Å². The lowest BCUT2D eigenvalue weighted by molar-refractivity contribution is 0.445. The topological polar surface area (TPSA) is 85.7 Å². The van der Waals surface area contributed by atoms with Crippen molar-refractivity contribution in [1.29, 1.82) is 5.53 Å². The molecule has 0 rings (SSSR count). The maximum absolute atomic E-state index is 7.67. The van der Waals surface area contributed by atoms with Crippen molar-refractivity contribution in [1.82, 2.24) is 0 Å². The van der Waals surface area contributed by atoms with Gasteiger partial charge in [0.2, 0.25) is 0 Å². The summed E-state index contributed by atoms with van der Waals surface area (Å²) in [7, 11) is 0. The maximum atomic E-state index is 7.67. The van der Waals surface area contributed by atoms with E-state index in [4.69, 9.17) is 10.6 Å². The van der Waals surface area contributed by atoms with E-state index in [1.54, 1.807) is 12.2 Å². The second-order valence-corrected chi connectivity index (χ2v) is 7.95. The van der Waals surface area contributed by atoms with Crippen LogP contribution in [0.4, 0.5) is 0 Å². The Morgan fingerprint density at radius 1 is 0.676 bits per heavy atom. The normalized spacial score (nSPS) is 14.5. The molecule has 1 N–H and O–H groups in total. The van der Waals surface area contributed by atoms with E-state index in [1.165, 1.54) is 0 Å². The molecule has 0 heterocycles. The zero-order valence-corrected chi connectivity index (χ0v) is 21.9. The van der Waals surface area contributed by atoms with Gasteiger partial charge in [0.1, 0.15) is 11.1 Å². The van der Waals surface area contributed by atoms with Crippen molar-refractivity contribution in [2.24, 2.45) is 25.6 Å². The first-order chi connectivity index (χ1) is 16.2. The molecule has 0 aliphatic rings. The summed E-state index contributed by atoms with van der Waals surface area (Å²) in [5.41, 5.74) is 10.5. The van der Waals surface area contributed by atoms with E-state index in [-0.39, 0.29) is 0 Å². The lowest BCUT2D eigenvalue weighted by Crippen LogP contribution is -2.26. The summed E-state index contributed by atoms with van der Waals surface area (Å²) in [5.74, 6) is 0. The van der Waals surface area contributed by atoms with Crippen LogP contribution in [-0.4, -0.2) is 11.1 Å². The number of nitrogens with zero attached hydrogens (tertiary/aromatic N) is 5. The zero-order chi connectivity index (χ0) is 26.2. The highest BCUT2D eigenvalue weighted by molar-refractivity contribution is 5.35. The number of hydrogen-bond acceptors (Lipinski definition) is 6. The van der Waals surface area contributed by atoms with Crippen molar-refractivity contribution in [2.75, 3.05) is 0 Å². The molecule has 0 fully saturated rings. The highest BCUT2D eigenvalue weighted by Crippen LogP contribution is 2.32. The van der Waals surface area contributed by atoms with Gasteiger partial charge in [-0.1, -0.05) is 78.3 Å². The van der Waals surface area contributed by atoms with Crippen LogP contribution in [-0.2, 0) is 0 Å². The van der Waals surface area contributed by atoms with E-state index >= 15 is 0 Å². The molecule has 0 aliphatic carbocycles. The zero-order valence-electron chi connectivity index (χ0n) is 21.9. The Kier molecular flexibility index (Phi) is 14.0. The highest BCUT2D eigenvalue weighted by atomic mass is 15.2. The number of hydrogen-bond donors (Lipinski definition) is 1. The van der Waals surface area contributed by atoms with Crippen LogP contribution in [0.3, 0.4) is 0 Å². The Morgan fingerprint density at radius 3 is 1.50 bits per heavy atom. The lowest BCUT2D eigenvalue weighted by Gasteiger charge is -2.27. The molecular weight excluding hydrogens is 420 g/mol. The van der Waals surface area contributed by atoms with Gasteiger partial charge < -0.3 is 0 Å². The van der Waals surface area contributed by atoms with Crippen LogP contribution in [0, 0.1) is 5.53 Å². The summed E-state index contributed by atoms with van der Waals surface area (Å²) in [6, 6.07) is 0. The van der Waals surface area contributed by atoms with Crippen molar-refractivity contribution < 1.29 is 0 Å². The van der Waals surface area contributed by atoms with Crippen molar-refractivity contribution in [2.45, 2.75) is 78.3 Å². The van der Waals surface area contributed by atoms with Gasteiger partial charge >= 0.3 is 0 Å². The second kappa shape index (κ2) is 15.5. The van der Waals surface area contributed by atoms with Crippen LogP contribution in [0.15, 0.2) is 123 Å². The molecule has 0 saturated carbocycles. The molecule has 184 valence electrons. The largest absolute Gasteiger partial charge is 0.209 e. The van der Waals surface area contributed by atoms with Gasteiger partial charge in [-0.15, -0.1) is 0 Å². The van der Waals surface area contributed by atoms with Crippen LogP contribution in [0.2, 0.25) is 0 Å². The number of nitrogens with one attached hydrogen (secondary N) is 1. The summed E-state index contributed by atoms with van der Waals surface area (Å²) in [4.78, 5) is 0.